The van der Waals surface area contributed by atoms with Crippen molar-refractivity contribution in [3.05, 3.63) is 42.0 Å². The van der Waals surface area contributed by atoms with Gasteiger partial charge in [-0.05, 0) is 30.7 Å². The van der Waals surface area contributed by atoms with Crippen molar-refractivity contribution < 1.29 is 9.84 Å². The van der Waals surface area contributed by atoms with Crippen LogP contribution in [-0.2, 0) is 6.42 Å². The number of nitrogens with one attached hydrogen (secondary N) is 1. The Bertz CT molecular complexity index is 336. The minimum absolute atomic E-state index is 0.137. The summed E-state index contributed by atoms with van der Waals surface area (Å²) in [5.74, 6) is 0.828. The maximum Gasteiger partial charge on any atom is 0.123 e. The fourth-order valence-electron chi connectivity index (χ4n) is 1.45. The zero-order chi connectivity index (χ0) is 11.8. The van der Waals surface area contributed by atoms with Crippen molar-refractivity contribution in [2.75, 3.05) is 26.8 Å². The van der Waals surface area contributed by atoms with Gasteiger partial charge in [0.2, 0.25) is 0 Å². The number of aliphatic hydroxyl groups excluding tert-OH is 1. The Hall–Kier alpha value is -1.32. The van der Waals surface area contributed by atoms with Gasteiger partial charge in [0.25, 0.3) is 0 Å². The molecule has 0 aliphatic carbocycles. The Morgan fingerprint density at radius 1 is 1.44 bits per heavy atom. The van der Waals surface area contributed by atoms with Crippen LogP contribution in [0.3, 0.4) is 0 Å². The molecule has 0 atom stereocenters. The number of rotatable bonds is 7. The molecule has 0 saturated carbocycles. The predicted molar refractivity (Wildman–Crippen MR) is 65.8 cm³/mol. The van der Waals surface area contributed by atoms with E-state index in [0.29, 0.717) is 13.0 Å². The van der Waals surface area contributed by atoms with Gasteiger partial charge in [0.1, 0.15) is 12.4 Å². The zero-order valence-electron chi connectivity index (χ0n) is 9.70. The van der Waals surface area contributed by atoms with E-state index in [4.69, 9.17) is 9.84 Å². The lowest BCUT2D eigenvalue weighted by molar-refractivity contribution is 0.293. The largest absolute Gasteiger partial charge is 0.489 e. The van der Waals surface area contributed by atoms with Crippen LogP contribution in [-0.4, -0.2) is 31.9 Å². The van der Waals surface area contributed by atoms with Gasteiger partial charge in [-0.1, -0.05) is 24.8 Å². The summed E-state index contributed by atoms with van der Waals surface area (Å²) in [4.78, 5) is 0. The van der Waals surface area contributed by atoms with E-state index in [9.17, 15) is 0 Å². The number of ether oxygens (including phenoxy) is 1. The summed E-state index contributed by atoms with van der Waals surface area (Å²) in [5, 5.41) is 11.9. The number of benzene rings is 1. The highest BCUT2D eigenvalue weighted by atomic mass is 16.5. The summed E-state index contributed by atoms with van der Waals surface area (Å²) < 4.78 is 5.65. The molecule has 0 amide bonds. The summed E-state index contributed by atoms with van der Waals surface area (Å²) in [6.45, 7) is 5.29. The quantitative estimate of drug-likeness (QED) is 0.683. The minimum Gasteiger partial charge on any atom is -0.489 e. The molecule has 0 radical (unpaired) electrons. The van der Waals surface area contributed by atoms with Gasteiger partial charge in [-0.2, -0.15) is 0 Å². The second-order valence-electron chi connectivity index (χ2n) is 3.65. The summed E-state index contributed by atoms with van der Waals surface area (Å²) in [6, 6.07) is 7.75. The van der Waals surface area contributed by atoms with Crippen LogP contribution >= 0.6 is 0 Å². The van der Waals surface area contributed by atoms with Crippen molar-refractivity contribution in [1.82, 2.24) is 5.32 Å². The molecule has 88 valence electrons. The van der Waals surface area contributed by atoms with Gasteiger partial charge in [-0.15, -0.1) is 0 Å². The Morgan fingerprint density at radius 2 is 2.19 bits per heavy atom. The topological polar surface area (TPSA) is 41.5 Å². The van der Waals surface area contributed by atoms with Crippen LogP contribution in [0.25, 0.3) is 0 Å². The normalized spacial score (nSPS) is 10.1. The van der Waals surface area contributed by atoms with Crippen molar-refractivity contribution >= 4 is 0 Å². The molecule has 1 rings (SSSR count). The lowest BCUT2D eigenvalue weighted by atomic mass is 10.1. The number of para-hydroxylation sites is 1. The first-order valence-corrected chi connectivity index (χ1v) is 5.40. The first-order valence-electron chi connectivity index (χ1n) is 5.40. The van der Waals surface area contributed by atoms with Gasteiger partial charge in [0, 0.05) is 13.2 Å². The Balaban J connectivity index is 2.55. The Kier molecular flexibility index (Phi) is 5.61. The zero-order valence-corrected chi connectivity index (χ0v) is 9.70. The van der Waals surface area contributed by atoms with E-state index in [1.54, 1.807) is 0 Å². The van der Waals surface area contributed by atoms with E-state index >= 15 is 0 Å². The third-order valence-electron chi connectivity index (χ3n) is 2.21. The lowest BCUT2D eigenvalue weighted by Gasteiger charge is -2.11. The van der Waals surface area contributed by atoms with Crippen LogP contribution in [0.4, 0.5) is 0 Å². The molecule has 1 aromatic carbocycles. The average molecular weight is 221 g/mol. The number of likely N-dealkylation sites (N-methyl/N-ethyl adjacent to an activating group) is 1. The fourth-order valence-corrected chi connectivity index (χ4v) is 1.45. The highest BCUT2D eigenvalue weighted by molar-refractivity contribution is 5.33. The highest BCUT2D eigenvalue weighted by Crippen LogP contribution is 2.18. The van der Waals surface area contributed by atoms with Crippen molar-refractivity contribution in [2.45, 2.75) is 6.42 Å². The Morgan fingerprint density at radius 3 is 2.88 bits per heavy atom. The molecule has 2 N–H and O–H groups in total. The molecule has 0 fully saturated rings. The molecule has 16 heavy (non-hydrogen) atoms. The monoisotopic (exact) mass is 221 g/mol. The number of aliphatic hydroxyl groups is 1. The molecule has 0 unspecified atom stereocenters. The highest BCUT2D eigenvalue weighted by Gasteiger charge is 2.02. The van der Waals surface area contributed by atoms with Crippen molar-refractivity contribution in [1.29, 1.82) is 0 Å². The SMILES string of the molecule is C=C(CNC)COc1ccccc1CCO. The Labute approximate surface area is 96.8 Å². The van der Waals surface area contributed by atoms with E-state index in [1.807, 2.05) is 31.3 Å². The van der Waals surface area contributed by atoms with Gasteiger partial charge < -0.3 is 15.2 Å². The minimum atomic E-state index is 0.137. The van der Waals surface area contributed by atoms with Gasteiger partial charge in [0.15, 0.2) is 0 Å². The van der Waals surface area contributed by atoms with E-state index in [1.165, 1.54) is 0 Å². The van der Waals surface area contributed by atoms with Crippen molar-refractivity contribution in [2.24, 2.45) is 0 Å². The maximum absolute atomic E-state index is 8.92. The predicted octanol–water partition coefficient (Wildman–Crippen LogP) is 1.38. The van der Waals surface area contributed by atoms with Crippen LogP contribution in [0.2, 0.25) is 0 Å². The smallest absolute Gasteiger partial charge is 0.123 e. The van der Waals surface area contributed by atoms with E-state index < -0.39 is 0 Å². The second-order valence-corrected chi connectivity index (χ2v) is 3.65. The van der Waals surface area contributed by atoms with Crippen LogP contribution in [0.5, 0.6) is 5.75 Å². The molecule has 0 aromatic heterocycles. The van der Waals surface area contributed by atoms with Gasteiger partial charge >= 0.3 is 0 Å². The molecular weight excluding hydrogens is 202 g/mol. The third kappa shape index (κ3) is 4.04. The first-order chi connectivity index (χ1) is 7.77. The second kappa shape index (κ2) is 7.04. The molecule has 3 nitrogen and oxygen atoms in total. The molecule has 0 saturated heterocycles. The summed E-state index contributed by atoms with van der Waals surface area (Å²) in [7, 11) is 1.88. The van der Waals surface area contributed by atoms with Gasteiger partial charge in [-0.25, -0.2) is 0 Å². The van der Waals surface area contributed by atoms with Crippen molar-refractivity contribution in [3.63, 3.8) is 0 Å². The van der Waals surface area contributed by atoms with Crippen LogP contribution in [0.15, 0.2) is 36.4 Å². The van der Waals surface area contributed by atoms with Crippen molar-refractivity contribution in [3.8, 4) is 5.75 Å². The third-order valence-corrected chi connectivity index (χ3v) is 2.21. The van der Waals surface area contributed by atoms with E-state index in [2.05, 4.69) is 11.9 Å². The molecule has 0 spiro atoms. The molecule has 0 bridgehead atoms. The molecule has 0 aliphatic heterocycles. The molecule has 1 aromatic rings. The molecule has 0 aliphatic rings. The maximum atomic E-state index is 8.92. The molecule has 3 heteroatoms. The first kappa shape index (κ1) is 12.7. The van der Waals surface area contributed by atoms with Gasteiger partial charge in [-0.3, -0.25) is 0 Å². The van der Waals surface area contributed by atoms with Crippen LogP contribution in [0, 0.1) is 0 Å². The lowest BCUT2D eigenvalue weighted by Crippen LogP contribution is -2.15. The van der Waals surface area contributed by atoms with E-state index in [0.717, 1.165) is 23.4 Å². The number of hydrogen-bond donors (Lipinski definition) is 2. The van der Waals surface area contributed by atoms with E-state index in [-0.39, 0.29) is 6.61 Å². The van der Waals surface area contributed by atoms with Gasteiger partial charge in [0.05, 0.1) is 0 Å². The van der Waals surface area contributed by atoms with Crippen LogP contribution in [0.1, 0.15) is 5.56 Å². The standard InChI is InChI=1S/C13H19NO2/c1-11(9-14-2)10-16-13-6-4-3-5-12(13)7-8-15/h3-6,14-15H,1,7-10H2,2H3. The molecule has 0 heterocycles. The fraction of sp³-hybridized carbons (Fsp3) is 0.385. The number of hydrogen-bond acceptors (Lipinski definition) is 3. The summed E-state index contributed by atoms with van der Waals surface area (Å²) in [5.41, 5.74) is 2.03. The average Bonchev–Trinajstić information content (AvgIpc) is 2.29. The van der Waals surface area contributed by atoms with Crippen LogP contribution < -0.4 is 10.1 Å². The summed E-state index contributed by atoms with van der Waals surface area (Å²) in [6.07, 6.45) is 0.620. The summed E-state index contributed by atoms with van der Waals surface area (Å²) >= 11 is 0. The molecular formula is C13H19NO2.